The molecule has 0 amide bonds. The average Bonchev–Trinajstić information content (AvgIpc) is 3.22. The van der Waals surface area contributed by atoms with E-state index >= 15 is 0 Å². The van der Waals surface area contributed by atoms with Gasteiger partial charge in [0.05, 0.1) is 9.75 Å². The molecule has 0 saturated heterocycles. The number of thiophene rings is 2. The van der Waals surface area contributed by atoms with Crippen LogP contribution in [0.25, 0.3) is 0 Å². The maximum Gasteiger partial charge on any atom is 0.160 e. The number of aldehydes is 2. The highest BCUT2D eigenvalue weighted by Gasteiger charge is 2.48. The van der Waals surface area contributed by atoms with Gasteiger partial charge in [-0.15, -0.1) is 46.2 Å². The smallest absolute Gasteiger partial charge is 0.160 e. The highest BCUT2D eigenvalue weighted by Crippen LogP contribution is 2.63. The van der Waals surface area contributed by atoms with Crippen LogP contribution in [-0.4, -0.2) is 23.1 Å². The lowest BCUT2D eigenvalue weighted by Crippen LogP contribution is -2.28. The van der Waals surface area contributed by atoms with Crippen LogP contribution in [0.15, 0.2) is 21.9 Å². The SMILES string of the molecule is O=Cc1cc2c(s1)C1CC3Sc4cc(C=O)sc4C3CC1S2. The van der Waals surface area contributed by atoms with Gasteiger partial charge in [0, 0.05) is 41.9 Å². The Morgan fingerprint density at radius 2 is 1.27 bits per heavy atom. The van der Waals surface area contributed by atoms with Crippen LogP contribution in [0.4, 0.5) is 0 Å². The number of rotatable bonds is 2. The molecule has 4 heterocycles. The Hall–Kier alpha value is -0.560. The van der Waals surface area contributed by atoms with Crippen molar-refractivity contribution in [2.24, 2.45) is 0 Å². The summed E-state index contributed by atoms with van der Waals surface area (Å²) in [5.41, 5.74) is 0. The molecule has 22 heavy (non-hydrogen) atoms. The molecule has 0 spiro atoms. The first kappa shape index (κ1) is 13.8. The van der Waals surface area contributed by atoms with Crippen molar-refractivity contribution in [2.45, 2.75) is 45.0 Å². The van der Waals surface area contributed by atoms with Gasteiger partial charge in [-0.05, 0) is 25.0 Å². The van der Waals surface area contributed by atoms with E-state index in [9.17, 15) is 9.59 Å². The van der Waals surface area contributed by atoms with Gasteiger partial charge in [0.25, 0.3) is 0 Å². The minimum Gasteiger partial charge on any atom is -0.297 e. The van der Waals surface area contributed by atoms with Crippen molar-refractivity contribution in [3.63, 3.8) is 0 Å². The highest BCUT2D eigenvalue weighted by molar-refractivity contribution is 8.01. The Morgan fingerprint density at radius 1 is 0.818 bits per heavy atom. The number of thioether (sulfide) groups is 2. The molecule has 2 aromatic heterocycles. The molecule has 0 aromatic carbocycles. The monoisotopic (exact) mass is 364 g/mol. The molecule has 0 radical (unpaired) electrons. The van der Waals surface area contributed by atoms with Gasteiger partial charge in [-0.2, -0.15) is 0 Å². The van der Waals surface area contributed by atoms with Gasteiger partial charge in [0.15, 0.2) is 12.6 Å². The molecular weight excluding hydrogens is 352 g/mol. The van der Waals surface area contributed by atoms with Crippen LogP contribution in [0.2, 0.25) is 0 Å². The summed E-state index contributed by atoms with van der Waals surface area (Å²) < 4.78 is 0. The first-order chi connectivity index (χ1) is 10.8. The van der Waals surface area contributed by atoms with Crippen LogP contribution >= 0.6 is 46.2 Å². The van der Waals surface area contributed by atoms with E-state index in [1.54, 1.807) is 22.7 Å². The number of fused-ring (bicyclic) bond motifs is 6. The second-order valence-electron chi connectivity index (χ2n) is 5.99. The summed E-state index contributed by atoms with van der Waals surface area (Å²) >= 11 is 7.32. The molecule has 3 aliphatic rings. The normalized spacial score (nSPS) is 31.3. The van der Waals surface area contributed by atoms with Crippen LogP contribution in [0.3, 0.4) is 0 Å². The van der Waals surface area contributed by atoms with Crippen LogP contribution < -0.4 is 0 Å². The van der Waals surface area contributed by atoms with E-state index in [1.165, 1.54) is 32.4 Å². The third-order valence-corrected chi connectivity index (χ3v) is 10.3. The van der Waals surface area contributed by atoms with Crippen LogP contribution in [-0.2, 0) is 0 Å². The standard InChI is InChI=1S/C16H12O2S4/c17-5-7-1-13-15(19-7)9-3-12-10(4-11(9)21-13)16-14(22-12)2-8(6-18)20-16/h1-2,5-6,9-12H,3-4H2. The topological polar surface area (TPSA) is 34.1 Å². The molecule has 1 saturated carbocycles. The number of hydrogen-bond acceptors (Lipinski definition) is 6. The van der Waals surface area contributed by atoms with E-state index in [0.717, 1.165) is 22.3 Å². The van der Waals surface area contributed by atoms with Gasteiger partial charge in [0.1, 0.15) is 0 Å². The van der Waals surface area contributed by atoms with Crippen LogP contribution in [0.1, 0.15) is 53.8 Å². The molecule has 4 atom stereocenters. The van der Waals surface area contributed by atoms with E-state index in [2.05, 4.69) is 12.1 Å². The summed E-state index contributed by atoms with van der Waals surface area (Å²) in [6.07, 6.45) is 4.37. The molecular formula is C16H12O2S4. The second kappa shape index (κ2) is 4.97. The largest absolute Gasteiger partial charge is 0.297 e. The molecule has 2 aromatic rings. The Morgan fingerprint density at radius 3 is 1.68 bits per heavy atom. The minimum atomic E-state index is 0.618. The van der Waals surface area contributed by atoms with Crippen molar-refractivity contribution in [2.75, 3.05) is 0 Å². The first-order valence-corrected chi connectivity index (χ1v) is 10.7. The van der Waals surface area contributed by atoms with Crippen LogP contribution in [0.5, 0.6) is 0 Å². The summed E-state index contributed by atoms with van der Waals surface area (Å²) in [6.45, 7) is 0. The molecule has 2 nitrogen and oxygen atoms in total. The molecule has 6 heteroatoms. The van der Waals surface area contributed by atoms with Gasteiger partial charge in [-0.25, -0.2) is 0 Å². The van der Waals surface area contributed by atoms with Crippen molar-refractivity contribution in [3.8, 4) is 0 Å². The fourth-order valence-electron chi connectivity index (χ4n) is 3.90. The summed E-state index contributed by atoms with van der Waals surface area (Å²) in [6, 6.07) is 4.14. The van der Waals surface area contributed by atoms with Crippen molar-refractivity contribution < 1.29 is 9.59 Å². The Balaban J connectivity index is 1.46. The lowest BCUT2D eigenvalue weighted by Gasteiger charge is -2.33. The number of carbonyl (C=O) groups excluding carboxylic acids is 2. The van der Waals surface area contributed by atoms with Crippen molar-refractivity contribution in [1.82, 2.24) is 0 Å². The lowest BCUT2D eigenvalue weighted by molar-refractivity contribution is 0.111. The van der Waals surface area contributed by atoms with Gasteiger partial charge >= 0.3 is 0 Å². The van der Waals surface area contributed by atoms with E-state index in [1.807, 2.05) is 23.5 Å². The summed E-state index contributed by atoms with van der Waals surface area (Å²) in [5.74, 6) is 1.24. The summed E-state index contributed by atoms with van der Waals surface area (Å²) in [7, 11) is 0. The molecule has 0 N–H and O–H groups in total. The number of carbonyl (C=O) groups is 2. The molecule has 2 aliphatic heterocycles. The van der Waals surface area contributed by atoms with E-state index in [-0.39, 0.29) is 0 Å². The van der Waals surface area contributed by atoms with Crippen molar-refractivity contribution >= 4 is 58.8 Å². The van der Waals surface area contributed by atoms with E-state index in [0.29, 0.717) is 22.3 Å². The third-order valence-electron chi connectivity index (χ3n) is 4.82. The minimum absolute atomic E-state index is 0.618. The quantitative estimate of drug-likeness (QED) is 0.699. The van der Waals surface area contributed by atoms with Gasteiger partial charge in [-0.1, -0.05) is 0 Å². The third kappa shape index (κ3) is 1.87. The predicted octanol–water partition coefficient (Wildman–Crippen LogP) is 5.04. The highest BCUT2D eigenvalue weighted by atomic mass is 32.2. The summed E-state index contributed by atoms with van der Waals surface area (Å²) in [4.78, 5) is 29.3. The maximum absolute atomic E-state index is 11.0. The van der Waals surface area contributed by atoms with Gasteiger partial charge in [0.2, 0.25) is 0 Å². The Bertz CT molecular complexity index is 724. The molecule has 5 rings (SSSR count). The fourth-order valence-corrected chi connectivity index (χ4v) is 9.87. The fraction of sp³-hybridized carbons (Fsp3) is 0.375. The Labute approximate surface area is 144 Å². The number of hydrogen-bond donors (Lipinski definition) is 0. The van der Waals surface area contributed by atoms with E-state index < -0.39 is 0 Å². The molecule has 4 unspecified atom stereocenters. The predicted molar refractivity (Wildman–Crippen MR) is 93.4 cm³/mol. The molecule has 0 bridgehead atoms. The van der Waals surface area contributed by atoms with Crippen molar-refractivity contribution in [3.05, 3.63) is 31.6 Å². The van der Waals surface area contributed by atoms with Crippen molar-refractivity contribution in [1.29, 1.82) is 0 Å². The van der Waals surface area contributed by atoms with Crippen LogP contribution in [0, 0.1) is 0 Å². The lowest BCUT2D eigenvalue weighted by atomic mass is 9.80. The second-order valence-corrected chi connectivity index (χ2v) is 10.8. The van der Waals surface area contributed by atoms with Gasteiger partial charge in [-0.3, -0.25) is 9.59 Å². The molecule has 1 aliphatic carbocycles. The Kier molecular flexibility index (Phi) is 3.12. The average molecular weight is 365 g/mol. The zero-order chi connectivity index (χ0) is 14.8. The first-order valence-electron chi connectivity index (χ1n) is 7.28. The maximum atomic E-state index is 11.0. The molecule has 1 fully saturated rings. The molecule has 112 valence electrons. The zero-order valence-corrected chi connectivity index (χ0v) is 14.7. The summed E-state index contributed by atoms with van der Waals surface area (Å²) in [5, 5.41) is 1.30. The van der Waals surface area contributed by atoms with Gasteiger partial charge < -0.3 is 0 Å². The zero-order valence-electron chi connectivity index (χ0n) is 11.5. The van der Waals surface area contributed by atoms with E-state index in [4.69, 9.17) is 0 Å².